The molecule has 0 aliphatic heterocycles. The molecular weight excluding hydrogens is 196 g/mol. The Hall–Kier alpha value is -0.890. The molecule has 0 spiro atoms. The van der Waals surface area contributed by atoms with E-state index in [9.17, 15) is 0 Å². The molecule has 0 fully saturated rings. The Morgan fingerprint density at radius 1 is 0.929 bits per heavy atom. The third kappa shape index (κ3) is 2.13. The SMILES string of the molecule is Cc1c(N(C)C)cc(Cl)cc1N(C)C. The lowest BCUT2D eigenvalue weighted by Crippen LogP contribution is -2.15. The predicted octanol–water partition coefficient (Wildman–Crippen LogP) is 2.78. The second-order valence-corrected chi connectivity index (χ2v) is 4.29. The van der Waals surface area contributed by atoms with E-state index in [1.54, 1.807) is 0 Å². The van der Waals surface area contributed by atoms with Gasteiger partial charge in [-0.2, -0.15) is 0 Å². The third-order valence-electron chi connectivity index (χ3n) is 2.28. The Bertz CT molecular complexity index is 303. The van der Waals surface area contributed by atoms with Crippen molar-refractivity contribution in [3.05, 3.63) is 22.7 Å². The summed E-state index contributed by atoms with van der Waals surface area (Å²) in [4.78, 5) is 4.16. The highest BCUT2D eigenvalue weighted by Crippen LogP contribution is 2.31. The highest BCUT2D eigenvalue weighted by molar-refractivity contribution is 6.31. The summed E-state index contributed by atoms with van der Waals surface area (Å²) in [5.74, 6) is 0. The predicted molar refractivity (Wildman–Crippen MR) is 64.8 cm³/mol. The van der Waals surface area contributed by atoms with E-state index in [-0.39, 0.29) is 0 Å². The molecule has 0 unspecified atom stereocenters. The van der Waals surface area contributed by atoms with Crippen LogP contribution in [-0.4, -0.2) is 28.2 Å². The van der Waals surface area contributed by atoms with Crippen LogP contribution in [0.15, 0.2) is 12.1 Å². The van der Waals surface area contributed by atoms with Crippen molar-refractivity contribution in [3.63, 3.8) is 0 Å². The van der Waals surface area contributed by atoms with Crippen molar-refractivity contribution in [2.75, 3.05) is 38.0 Å². The van der Waals surface area contributed by atoms with Crippen molar-refractivity contribution in [2.45, 2.75) is 6.92 Å². The third-order valence-corrected chi connectivity index (χ3v) is 2.50. The van der Waals surface area contributed by atoms with Gasteiger partial charge in [-0.3, -0.25) is 0 Å². The highest BCUT2D eigenvalue weighted by Gasteiger charge is 2.09. The standard InChI is InChI=1S/C11H17ClN2/c1-8-10(13(2)3)6-9(12)7-11(8)14(4)5/h6-7H,1-5H3. The van der Waals surface area contributed by atoms with E-state index < -0.39 is 0 Å². The zero-order valence-corrected chi connectivity index (χ0v) is 10.2. The maximum absolute atomic E-state index is 6.06. The fourth-order valence-electron chi connectivity index (χ4n) is 1.58. The molecule has 3 heteroatoms. The van der Waals surface area contributed by atoms with Crippen LogP contribution in [0.25, 0.3) is 0 Å². The molecule has 0 saturated heterocycles. The molecule has 0 heterocycles. The van der Waals surface area contributed by atoms with Gasteiger partial charge in [0.05, 0.1) is 0 Å². The molecule has 1 rings (SSSR count). The van der Waals surface area contributed by atoms with Gasteiger partial charge in [0.15, 0.2) is 0 Å². The van der Waals surface area contributed by atoms with Crippen molar-refractivity contribution < 1.29 is 0 Å². The van der Waals surface area contributed by atoms with Gasteiger partial charge in [-0.05, 0) is 24.6 Å². The number of hydrogen-bond acceptors (Lipinski definition) is 2. The second-order valence-electron chi connectivity index (χ2n) is 3.86. The van der Waals surface area contributed by atoms with Crippen LogP contribution < -0.4 is 9.80 Å². The molecule has 0 amide bonds. The van der Waals surface area contributed by atoms with E-state index in [2.05, 4.69) is 16.7 Å². The van der Waals surface area contributed by atoms with E-state index in [0.29, 0.717) is 0 Å². The summed E-state index contributed by atoms with van der Waals surface area (Å²) in [7, 11) is 8.10. The van der Waals surface area contributed by atoms with Crippen LogP contribution in [0, 0.1) is 6.92 Å². The molecule has 1 aromatic rings. The minimum atomic E-state index is 0.781. The summed E-state index contributed by atoms with van der Waals surface area (Å²) in [6.07, 6.45) is 0. The fourth-order valence-corrected chi connectivity index (χ4v) is 1.79. The van der Waals surface area contributed by atoms with Crippen molar-refractivity contribution in [3.8, 4) is 0 Å². The maximum Gasteiger partial charge on any atom is 0.0447 e. The maximum atomic E-state index is 6.06. The van der Waals surface area contributed by atoms with Crippen molar-refractivity contribution >= 4 is 23.0 Å². The number of benzene rings is 1. The van der Waals surface area contributed by atoms with Gasteiger partial charge in [-0.1, -0.05) is 11.6 Å². The summed E-state index contributed by atoms with van der Waals surface area (Å²) in [6.45, 7) is 2.11. The Balaban J connectivity index is 3.32. The first-order valence-corrected chi connectivity index (χ1v) is 4.96. The Morgan fingerprint density at radius 3 is 1.57 bits per heavy atom. The van der Waals surface area contributed by atoms with Gasteiger partial charge in [0.1, 0.15) is 0 Å². The normalized spacial score (nSPS) is 10.1. The zero-order valence-electron chi connectivity index (χ0n) is 9.43. The molecule has 2 nitrogen and oxygen atoms in total. The Morgan fingerprint density at radius 2 is 1.29 bits per heavy atom. The smallest absolute Gasteiger partial charge is 0.0447 e. The molecule has 0 aliphatic rings. The lowest BCUT2D eigenvalue weighted by molar-refractivity contribution is 1.08. The molecule has 0 N–H and O–H groups in total. The average molecular weight is 213 g/mol. The molecule has 78 valence electrons. The van der Waals surface area contributed by atoms with Crippen LogP contribution in [0.1, 0.15) is 5.56 Å². The van der Waals surface area contributed by atoms with Crippen molar-refractivity contribution in [1.29, 1.82) is 0 Å². The first-order chi connectivity index (χ1) is 6.43. The van der Waals surface area contributed by atoms with Gasteiger partial charge in [-0.15, -0.1) is 0 Å². The van der Waals surface area contributed by atoms with Gasteiger partial charge in [0, 0.05) is 44.6 Å². The second kappa shape index (κ2) is 4.09. The van der Waals surface area contributed by atoms with Crippen LogP contribution in [0.5, 0.6) is 0 Å². The van der Waals surface area contributed by atoms with Gasteiger partial charge >= 0.3 is 0 Å². The lowest BCUT2D eigenvalue weighted by Gasteiger charge is -2.22. The fraction of sp³-hybridized carbons (Fsp3) is 0.455. The van der Waals surface area contributed by atoms with Crippen LogP contribution in [0.2, 0.25) is 5.02 Å². The summed E-state index contributed by atoms with van der Waals surface area (Å²) < 4.78 is 0. The molecule has 0 atom stereocenters. The minimum Gasteiger partial charge on any atom is -0.377 e. The quantitative estimate of drug-likeness (QED) is 0.744. The topological polar surface area (TPSA) is 6.48 Å². The first kappa shape index (κ1) is 11.2. The van der Waals surface area contributed by atoms with Crippen molar-refractivity contribution in [2.24, 2.45) is 0 Å². The van der Waals surface area contributed by atoms with Crippen molar-refractivity contribution in [1.82, 2.24) is 0 Å². The Labute approximate surface area is 91.1 Å². The molecule has 0 aliphatic carbocycles. The number of halogens is 1. The molecule has 0 radical (unpaired) electrons. The molecule has 0 saturated carbocycles. The van der Waals surface area contributed by atoms with E-state index in [0.717, 1.165) is 5.02 Å². The molecule has 0 bridgehead atoms. The van der Waals surface area contributed by atoms with E-state index in [4.69, 9.17) is 11.6 Å². The van der Waals surface area contributed by atoms with Gasteiger partial charge in [0.25, 0.3) is 0 Å². The van der Waals surface area contributed by atoms with E-state index in [1.807, 2.05) is 40.3 Å². The Kier molecular flexibility index (Phi) is 3.27. The van der Waals surface area contributed by atoms with Gasteiger partial charge < -0.3 is 9.80 Å². The lowest BCUT2D eigenvalue weighted by atomic mass is 10.1. The summed E-state index contributed by atoms with van der Waals surface area (Å²) in [6, 6.07) is 3.98. The first-order valence-electron chi connectivity index (χ1n) is 4.58. The molecular formula is C11H17ClN2. The molecule has 14 heavy (non-hydrogen) atoms. The minimum absolute atomic E-state index is 0.781. The van der Waals surface area contributed by atoms with E-state index in [1.165, 1.54) is 16.9 Å². The molecule has 0 aromatic heterocycles. The average Bonchev–Trinajstić information content (AvgIpc) is 2.07. The number of nitrogens with zero attached hydrogens (tertiary/aromatic N) is 2. The van der Waals surface area contributed by atoms with Gasteiger partial charge in [-0.25, -0.2) is 0 Å². The summed E-state index contributed by atoms with van der Waals surface area (Å²) in [5, 5.41) is 0.781. The highest BCUT2D eigenvalue weighted by atomic mass is 35.5. The van der Waals surface area contributed by atoms with Gasteiger partial charge in [0.2, 0.25) is 0 Å². The molecule has 1 aromatic carbocycles. The van der Waals surface area contributed by atoms with Crippen LogP contribution in [0.4, 0.5) is 11.4 Å². The number of anilines is 2. The summed E-state index contributed by atoms with van der Waals surface area (Å²) >= 11 is 6.06. The number of rotatable bonds is 2. The largest absolute Gasteiger partial charge is 0.377 e. The monoisotopic (exact) mass is 212 g/mol. The zero-order chi connectivity index (χ0) is 10.9. The van der Waals surface area contributed by atoms with Crippen LogP contribution >= 0.6 is 11.6 Å². The van der Waals surface area contributed by atoms with Crippen LogP contribution in [0.3, 0.4) is 0 Å². The van der Waals surface area contributed by atoms with Crippen LogP contribution in [-0.2, 0) is 0 Å². The number of hydrogen-bond donors (Lipinski definition) is 0. The summed E-state index contributed by atoms with van der Waals surface area (Å²) in [5.41, 5.74) is 3.59. The van der Waals surface area contributed by atoms with E-state index >= 15 is 0 Å².